The zero-order valence-corrected chi connectivity index (χ0v) is 9.10. The van der Waals surface area contributed by atoms with E-state index in [9.17, 15) is 0 Å². The second-order valence-electron chi connectivity index (χ2n) is 1.66. The molecule has 0 aromatic heterocycles. The quantitative estimate of drug-likeness (QED) is 0.530. The van der Waals surface area contributed by atoms with Crippen molar-refractivity contribution in [2.75, 3.05) is 19.7 Å². The van der Waals surface area contributed by atoms with Crippen LogP contribution in [0.25, 0.3) is 0 Å². The first-order valence-corrected chi connectivity index (χ1v) is 4.60. The Labute approximate surface area is 80.1 Å². The van der Waals surface area contributed by atoms with Crippen LogP contribution >= 0.6 is 24.8 Å². The molecule has 0 aliphatic heterocycles. The molecule has 68 valence electrons. The molecule has 0 rings (SSSR count). The van der Waals surface area contributed by atoms with Gasteiger partial charge in [0.05, 0.1) is 6.61 Å². The van der Waals surface area contributed by atoms with Gasteiger partial charge in [0.2, 0.25) is 4.38 Å². The van der Waals surface area contributed by atoms with Crippen LogP contribution in [0.5, 0.6) is 0 Å². The third-order valence-corrected chi connectivity index (χ3v) is 1.01. The standard InChI is InChI=1S/C4H11N.C3H6OS2/c1-3-5-4-2;1-2-4-3(5)6/h5H,3-4H2,1-2H3;2H2,1H3,(H,5,6). The molecule has 0 heterocycles. The van der Waals surface area contributed by atoms with E-state index in [1.807, 2.05) is 6.92 Å². The molecule has 11 heavy (non-hydrogen) atoms. The molecular weight excluding hydrogens is 178 g/mol. The average Bonchev–Trinajstić information content (AvgIpc) is 1.90. The van der Waals surface area contributed by atoms with Crippen molar-refractivity contribution in [3.05, 3.63) is 0 Å². The van der Waals surface area contributed by atoms with Gasteiger partial charge < -0.3 is 10.1 Å². The van der Waals surface area contributed by atoms with Gasteiger partial charge >= 0.3 is 0 Å². The zero-order valence-electron chi connectivity index (χ0n) is 7.39. The van der Waals surface area contributed by atoms with E-state index in [0.717, 1.165) is 13.1 Å². The number of thiol groups is 1. The Hall–Kier alpha value is 0.200. The summed E-state index contributed by atoms with van der Waals surface area (Å²) in [5.74, 6) is 0. The van der Waals surface area contributed by atoms with Crippen molar-refractivity contribution in [1.29, 1.82) is 0 Å². The van der Waals surface area contributed by atoms with Crippen LogP contribution in [0.2, 0.25) is 0 Å². The molecule has 0 atom stereocenters. The van der Waals surface area contributed by atoms with Crippen molar-refractivity contribution < 1.29 is 4.74 Å². The first kappa shape index (κ1) is 13.8. The SMILES string of the molecule is CCNCC.CCOC(=S)S. The van der Waals surface area contributed by atoms with E-state index in [-0.39, 0.29) is 0 Å². The van der Waals surface area contributed by atoms with Crippen LogP contribution in [0.15, 0.2) is 0 Å². The largest absolute Gasteiger partial charge is 0.479 e. The summed E-state index contributed by atoms with van der Waals surface area (Å²) in [4.78, 5) is 0. The molecular formula is C7H17NOS2. The van der Waals surface area contributed by atoms with Crippen LogP contribution in [0, 0.1) is 0 Å². The summed E-state index contributed by atoms with van der Waals surface area (Å²) < 4.78 is 4.95. The van der Waals surface area contributed by atoms with Crippen molar-refractivity contribution >= 4 is 29.2 Å². The van der Waals surface area contributed by atoms with E-state index >= 15 is 0 Å². The molecule has 0 saturated heterocycles. The second-order valence-corrected chi connectivity index (χ2v) is 2.74. The minimum atomic E-state index is 0.317. The first-order chi connectivity index (χ1) is 5.18. The highest BCUT2D eigenvalue weighted by atomic mass is 32.1. The van der Waals surface area contributed by atoms with Crippen LogP contribution in [0.3, 0.4) is 0 Å². The van der Waals surface area contributed by atoms with E-state index in [1.54, 1.807) is 0 Å². The predicted octanol–water partition coefficient (Wildman–Crippen LogP) is 1.85. The van der Waals surface area contributed by atoms with Gasteiger partial charge in [-0.15, -0.1) is 0 Å². The Balaban J connectivity index is 0. The molecule has 0 aromatic rings. The molecule has 0 unspecified atom stereocenters. The molecule has 4 heteroatoms. The molecule has 0 aliphatic carbocycles. The van der Waals surface area contributed by atoms with E-state index in [1.165, 1.54) is 0 Å². The molecule has 0 bridgehead atoms. The lowest BCUT2D eigenvalue weighted by atomic mass is 10.7. The summed E-state index contributed by atoms with van der Waals surface area (Å²) in [6, 6.07) is 0. The van der Waals surface area contributed by atoms with E-state index < -0.39 is 0 Å². The Morgan fingerprint density at radius 2 is 1.82 bits per heavy atom. The summed E-state index contributed by atoms with van der Waals surface area (Å²) in [5.41, 5.74) is 0. The summed E-state index contributed by atoms with van der Waals surface area (Å²) in [6.45, 7) is 8.87. The molecule has 0 fully saturated rings. The topological polar surface area (TPSA) is 21.3 Å². The Morgan fingerprint density at radius 1 is 1.36 bits per heavy atom. The molecule has 0 saturated carbocycles. The average molecular weight is 195 g/mol. The van der Waals surface area contributed by atoms with Crippen LogP contribution in [-0.2, 0) is 4.74 Å². The summed E-state index contributed by atoms with van der Waals surface area (Å²) in [5, 5.41) is 3.11. The Bertz CT molecular complexity index is 86.5. The van der Waals surface area contributed by atoms with Gasteiger partial charge in [-0.3, -0.25) is 0 Å². The lowest BCUT2D eigenvalue weighted by Crippen LogP contribution is -2.09. The van der Waals surface area contributed by atoms with Gasteiger partial charge in [-0.25, -0.2) is 0 Å². The summed E-state index contributed by atoms with van der Waals surface area (Å²) in [7, 11) is 0. The van der Waals surface area contributed by atoms with Gasteiger partial charge in [0.25, 0.3) is 0 Å². The van der Waals surface area contributed by atoms with Gasteiger partial charge in [-0.2, -0.15) is 0 Å². The van der Waals surface area contributed by atoms with E-state index in [2.05, 4.69) is 48.7 Å². The van der Waals surface area contributed by atoms with Crippen LogP contribution in [0.1, 0.15) is 20.8 Å². The highest BCUT2D eigenvalue weighted by molar-refractivity contribution is 8.10. The Kier molecular flexibility index (Phi) is 16.1. The normalized spacial score (nSPS) is 8.00. The second kappa shape index (κ2) is 12.8. The van der Waals surface area contributed by atoms with Gasteiger partial charge in [-0.1, -0.05) is 26.5 Å². The third-order valence-electron chi connectivity index (χ3n) is 0.768. The summed E-state index contributed by atoms with van der Waals surface area (Å²) >= 11 is 8.12. The van der Waals surface area contributed by atoms with Gasteiger partial charge in [-0.05, 0) is 32.2 Å². The number of hydrogen-bond donors (Lipinski definition) is 2. The van der Waals surface area contributed by atoms with Crippen LogP contribution < -0.4 is 5.32 Å². The van der Waals surface area contributed by atoms with Crippen molar-refractivity contribution in [3.8, 4) is 0 Å². The van der Waals surface area contributed by atoms with Crippen LogP contribution in [0.4, 0.5) is 0 Å². The molecule has 0 spiro atoms. The number of rotatable bonds is 3. The fourth-order valence-electron chi connectivity index (χ4n) is 0.373. The lowest BCUT2D eigenvalue weighted by molar-refractivity contribution is 0.346. The molecule has 0 radical (unpaired) electrons. The molecule has 1 N–H and O–H groups in total. The van der Waals surface area contributed by atoms with Crippen LogP contribution in [-0.4, -0.2) is 24.1 Å². The summed E-state index contributed by atoms with van der Waals surface area (Å²) in [6.07, 6.45) is 0. The van der Waals surface area contributed by atoms with Crippen molar-refractivity contribution in [3.63, 3.8) is 0 Å². The van der Waals surface area contributed by atoms with E-state index in [4.69, 9.17) is 0 Å². The number of ether oxygens (including phenoxy) is 1. The highest BCUT2D eigenvalue weighted by Crippen LogP contribution is 1.83. The maximum atomic E-state index is 4.64. The lowest BCUT2D eigenvalue weighted by Gasteiger charge is -1.92. The van der Waals surface area contributed by atoms with Gasteiger partial charge in [0.15, 0.2) is 0 Å². The smallest absolute Gasteiger partial charge is 0.216 e. The zero-order chi connectivity index (χ0) is 9.11. The van der Waals surface area contributed by atoms with Gasteiger partial charge in [0.1, 0.15) is 0 Å². The van der Waals surface area contributed by atoms with Gasteiger partial charge in [0, 0.05) is 0 Å². The number of hydrogen-bond acceptors (Lipinski definition) is 3. The monoisotopic (exact) mass is 195 g/mol. The third kappa shape index (κ3) is 25.4. The maximum Gasteiger partial charge on any atom is 0.216 e. The minimum Gasteiger partial charge on any atom is -0.479 e. The number of nitrogens with one attached hydrogen (secondary N) is 1. The van der Waals surface area contributed by atoms with Crippen molar-refractivity contribution in [1.82, 2.24) is 5.32 Å². The Morgan fingerprint density at radius 3 is 1.82 bits per heavy atom. The highest BCUT2D eigenvalue weighted by Gasteiger charge is 1.77. The fourth-order valence-corrected chi connectivity index (χ4v) is 0.620. The van der Waals surface area contributed by atoms with Crippen molar-refractivity contribution in [2.45, 2.75) is 20.8 Å². The fraction of sp³-hybridized carbons (Fsp3) is 0.857. The molecule has 0 aliphatic rings. The van der Waals surface area contributed by atoms with Crippen molar-refractivity contribution in [2.24, 2.45) is 0 Å². The maximum absolute atomic E-state index is 4.64. The number of thiocarbonyl (C=S) groups is 1. The predicted molar refractivity (Wildman–Crippen MR) is 57.4 cm³/mol. The molecule has 2 nitrogen and oxygen atoms in total. The first-order valence-electron chi connectivity index (χ1n) is 3.75. The van der Waals surface area contributed by atoms with E-state index in [0.29, 0.717) is 11.0 Å². The molecule has 0 aromatic carbocycles. The molecule has 0 amide bonds. The minimum absolute atomic E-state index is 0.317.